The normalized spacial score (nSPS) is 10.4. The van der Waals surface area contributed by atoms with Crippen LogP contribution in [0, 0.1) is 6.92 Å². The van der Waals surface area contributed by atoms with Gasteiger partial charge in [0.05, 0.1) is 13.4 Å². The van der Waals surface area contributed by atoms with Crippen LogP contribution in [0.5, 0.6) is 5.88 Å². The number of methoxy groups -OCH3 is 1. The van der Waals surface area contributed by atoms with E-state index < -0.39 is 0 Å². The second kappa shape index (κ2) is 6.21. The molecule has 0 aliphatic rings. The van der Waals surface area contributed by atoms with Gasteiger partial charge < -0.3 is 10.1 Å². The zero-order valence-electron chi connectivity index (χ0n) is 12.2. The zero-order chi connectivity index (χ0) is 15.4. The monoisotopic (exact) mass is 291 g/mol. The van der Waals surface area contributed by atoms with Gasteiger partial charge in [0.25, 0.3) is 11.5 Å². The fraction of sp³-hybridized carbons (Fsp3) is 0.385. The van der Waals surface area contributed by atoms with Crippen molar-refractivity contribution >= 4 is 5.91 Å². The summed E-state index contributed by atoms with van der Waals surface area (Å²) in [5.41, 5.74) is 0.880. The first-order chi connectivity index (χ1) is 10.0. The number of rotatable bonds is 5. The van der Waals surface area contributed by atoms with Crippen LogP contribution in [0.15, 0.2) is 23.4 Å². The first-order valence-electron chi connectivity index (χ1n) is 6.40. The Morgan fingerprint density at radius 1 is 1.48 bits per heavy atom. The number of nitrogens with one attached hydrogen (secondary N) is 1. The van der Waals surface area contributed by atoms with Gasteiger partial charge in [-0.05, 0) is 6.92 Å². The molecular formula is C13H17N5O3. The van der Waals surface area contributed by atoms with Crippen LogP contribution < -0.4 is 15.6 Å². The minimum Gasteiger partial charge on any atom is -0.479 e. The Bertz CT molecular complexity index is 704. The van der Waals surface area contributed by atoms with E-state index in [1.807, 2.05) is 0 Å². The second-order valence-electron chi connectivity index (χ2n) is 4.54. The highest BCUT2D eigenvalue weighted by molar-refractivity contribution is 5.96. The molecule has 1 N–H and O–H groups in total. The quantitative estimate of drug-likeness (QED) is 0.818. The van der Waals surface area contributed by atoms with Crippen molar-refractivity contribution in [3.8, 4) is 5.88 Å². The van der Waals surface area contributed by atoms with Crippen molar-refractivity contribution in [1.29, 1.82) is 0 Å². The summed E-state index contributed by atoms with van der Waals surface area (Å²) >= 11 is 0. The zero-order valence-corrected chi connectivity index (χ0v) is 12.2. The van der Waals surface area contributed by atoms with Crippen molar-refractivity contribution in [2.75, 3.05) is 13.7 Å². The van der Waals surface area contributed by atoms with Crippen LogP contribution in [0.3, 0.4) is 0 Å². The van der Waals surface area contributed by atoms with Gasteiger partial charge in [-0.2, -0.15) is 0 Å². The van der Waals surface area contributed by atoms with Gasteiger partial charge in [-0.3, -0.25) is 18.8 Å². The Hall–Kier alpha value is -2.64. The van der Waals surface area contributed by atoms with Gasteiger partial charge in [0, 0.05) is 38.1 Å². The minimum atomic E-state index is -0.298. The number of hydrogen-bond acceptors (Lipinski definition) is 5. The van der Waals surface area contributed by atoms with Gasteiger partial charge >= 0.3 is 0 Å². The lowest BCUT2D eigenvalue weighted by Gasteiger charge is -2.07. The molecule has 8 heteroatoms. The molecule has 0 radical (unpaired) electrons. The molecule has 21 heavy (non-hydrogen) atoms. The number of hydrogen-bond donors (Lipinski definition) is 1. The topological polar surface area (TPSA) is 91.0 Å². The van der Waals surface area contributed by atoms with Crippen LogP contribution in [0.2, 0.25) is 0 Å². The lowest BCUT2D eigenvalue weighted by Crippen LogP contribution is -2.30. The predicted octanol–water partition coefficient (Wildman–Crippen LogP) is -0.276. The Morgan fingerprint density at radius 2 is 2.24 bits per heavy atom. The van der Waals surface area contributed by atoms with Crippen LogP contribution >= 0.6 is 0 Å². The number of carbonyl (C=O) groups is 1. The summed E-state index contributed by atoms with van der Waals surface area (Å²) in [4.78, 5) is 27.7. The van der Waals surface area contributed by atoms with Crippen molar-refractivity contribution in [2.45, 2.75) is 13.5 Å². The lowest BCUT2D eigenvalue weighted by molar-refractivity contribution is 0.0949. The molecule has 0 aromatic carbocycles. The number of aryl methyl sites for hydroxylation is 2. The van der Waals surface area contributed by atoms with Crippen molar-refractivity contribution in [3.05, 3.63) is 40.2 Å². The Kier molecular flexibility index (Phi) is 4.36. The summed E-state index contributed by atoms with van der Waals surface area (Å²) < 4.78 is 7.97. The SMILES string of the molecule is COc1nn(C)cc1C(=O)NCCn1cnc(C)cc1=O. The molecule has 0 fully saturated rings. The standard InChI is InChI=1S/C13H17N5O3/c1-9-6-11(19)18(8-15-9)5-4-14-12(20)10-7-17(2)16-13(10)21-3/h6-8H,4-5H2,1-3H3,(H,14,20). The molecule has 2 heterocycles. The average Bonchev–Trinajstić information content (AvgIpc) is 2.82. The van der Waals surface area contributed by atoms with Crippen LogP contribution in [-0.4, -0.2) is 38.9 Å². The molecule has 0 saturated heterocycles. The van der Waals surface area contributed by atoms with E-state index >= 15 is 0 Å². The molecule has 0 aliphatic carbocycles. The van der Waals surface area contributed by atoms with Gasteiger partial charge in [-0.25, -0.2) is 4.98 Å². The van der Waals surface area contributed by atoms with E-state index in [9.17, 15) is 9.59 Å². The van der Waals surface area contributed by atoms with E-state index in [1.54, 1.807) is 20.2 Å². The molecule has 112 valence electrons. The highest BCUT2D eigenvalue weighted by Crippen LogP contribution is 2.13. The first-order valence-corrected chi connectivity index (χ1v) is 6.40. The van der Waals surface area contributed by atoms with E-state index in [0.717, 1.165) is 0 Å². The summed E-state index contributed by atoms with van der Waals surface area (Å²) in [5.74, 6) is -0.0303. The van der Waals surface area contributed by atoms with Gasteiger partial charge in [0.15, 0.2) is 0 Å². The Morgan fingerprint density at radius 3 is 2.90 bits per heavy atom. The summed E-state index contributed by atoms with van der Waals surface area (Å²) in [5, 5.41) is 6.73. The maximum absolute atomic E-state index is 12.0. The smallest absolute Gasteiger partial charge is 0.258 e. The summed E-state index contributed by atoms with van der Waals surface area (Å²) in [6.07, 6.45) is 3.04. The van der Waals surface area contributed by atoms with E-state index in [4.69, 9.17) is 4.74 Å². The number of amides is 1. The molecule has 0 spiro atoms. The molecule has 2 aromatic heterocycles. The van der Waals surface area contributed by atoms with Crippen LogP contribution in [0.25, 0.3) is 0 Å². The lowest BCUT2D eigenvalue weighted by atomic mass is 10.3. The Labute approximate surface area is 121 Å². The van der Waals surface area contributed by atoms with Crippen molar-refractivity contribution in [3.63, 3.8) is 0 Å². The molecule has 2 aromatic rings. The number of ether oxygens (including phenoxy) is 1. The van der Waals surface area contributed by atoms with E-state index in [-0.39, 0.29) is 17.3 Å². The molecule has 0 aliphatic heterocycles. The second-order valence-corrected chi connectivity index (χ2v) is 4.54. The minimum absolute atomic E-state index is 0.143. The summed E-state index contributed by atoms with van der Waals surface area (Å²) in [7, 11) is 3.16. The van der Waals surface area contributed by atoms with Gasteiger partial charge in [-0.15, -0.1) is 5.10 Å². The average molecular weight is 291 g/mol. The fourth-order valence-corrected chi connectivity index (χ4v) is 1.84. The number of nitrogens with zero attached hydrogens (tertiary/aromatic N) is 4. The molecule has 1 amide bonds. The third-order valence-corrected chi connectivity index (χ3v) is 2.89. The highest BCUT2D eigenvalue weighted by atomic mass is 16.5. The summed E-state index contributed by atoms with van der Waals surface area (Å²) in [6.45, 7) is 2.41. The fourth-order valence-electron chi connectivity index (χ4n) is 1.84. The predicted molar refractivity (Wildman–Crippen MR) is 75.3 cm³/mol. The maximum atomic E-state index is 12.0. The van der Waals surface area contributed by atoms with Gasteiger partial charge in [0.1, 0.15) is 5.56 Å². The van der Waals surface area contributed by atoms with Crippen molar-refractivity contribution in [1.82, 2.24) is 24.6 Å². The number of aromatic nitrogens is 4. The van der Waals surface area contributed by atoms with Gasteiger partial charge in [0.2, 0.25) is 5.88 Å². The largest absolute Gasteiger partial charge is 0.479 e. The molecule has 0 bridgehead atoms. The van der Waals surface area contributed by atoms with Crippen LogP contribution in [0.4, 0.5) is 0 Å². The first kappa shape index (κ1) is 14.8. The van der Waals surface area contributed by atoms with Crippen LogP contribution in [0.1, 0.15) is 16.1 Å². The molecular weight excluding hydrogens is 274 g/mol. The molecule has 8 nitrogen and oxygen atoms in total. The van der Waals surface area contributed by atoms with Crippen LogP contribution in [-0.2, 0) is 13.6 Å². The number of carbonyl (C=O) groups excluding carboxylic acids is 1. The maximum Gasteiger partial charge on any atom is 0.258 e. The Balaban J connectivity index is 1.96. The van der Waals surface area contributed by atoms with E-state index in [1.165, 1.54) is 28.8 Å². The van der Waals surface area contributed by atoms with E-state index in [2.05, 4.69) is 15.4 Å². The molecule has 0 atom stereocenters. The highest BCUT2D eigenvalue weighted by Gasteiger charge is 2.15. The van der Waals surface area contributed by atoms with E-state index in [0.29, 0.717) is 24.3 Å². The molecule has 2 rings (SSSR count). The van der Waals surface area contributed by atoms with Gasteiger partial charge in [-0.1, -0.05) is 0 Å². The third-order valence-electron chi connectivity index (χ3n) is 2.89. The van der Waals surface area contributed by atoms with Crippen molar-refractivity contribution in [2.24, 2.45) is 7.05 Å². The molecule has 0 unspecified atom stereocenters. The van der Waals surface area contributed by atoms with Crippen molar-refractivity contribution < 1.29 is 9.53 Å². The molecule has 0 saturated carbocycles. The third kappa shape index (κ3) is 3.47. The summed E-state index contributed by atoms with van der Waals surface area (Å²) in [6, 6.07) is 1.45.